The zero-order valence-electron chi connectivity index (χ0n) is 15.0. The minimum atomic E-state index is -2.93. The lowest BCUT2D eigenvalue weighted by Crippen LogP contribution is -2.44. The van der Waals surface area contributed by atoms with E-state index in [0.717, 1.165) is 4.88 Å². The summed E-state index contributed by atoms with van der Waals surface area (Å²) in [5, 5.41) is 19.0. The van der Waals surface area contributed by atoms with E-state index < -0.39 is 12.2 Å². The van der Waals surface area contributed by atoms with Gasteiger partial charge in [0.1, 0.15) is 11.4 Å². The molecule has 148 valence electrons. The third-order valence-corrected chi connectivity index (χ3v) is 5.00. The van der Waals surface area contributed by atoms with Gasteiger partial charge in [0.2, 0.25) is 0 Å². The van der Waals surface area contributed by atoms with Crippen molar-refractivity contribution in [2.75, 3.05) is 13.1 Å². The maximum absolute atomic E-state index is 12.6. The zero-order valence-corrected chi connectivity index (χ0v) is 16.6. The molecule has 1 atom stereocenters. The molecule has 2 rings (SSSR count). The Labute approximate surface area is 166 Å². The second-order valence-corrected chi connectivity index (χ2v) is 7.31. The number of aliphatic imine (C=N–C) groups is 1. The van der Waals surface area contributed by atoms with Gasteiger partial charge < -0.3 is 20.5 Å². The topological polar surface area (TPSA) is 65.9 Å². The fourth-order valence-electron chi connectivity index (χ4n) is 2.32. The van der Waals surface area contributed by atoms with Crippen LogP contribution in [0.5, 0.6) is 5.75 Å². The fraction of sp³-hybridized carbons (Fsp3) is 0.389. The standard InChI is InChI=1S/C18H22ClF2N3O2S/c1-3-22-17(24-11-18(2,25)15-5-4-8-27-15)23-10-12-9-13(19)6-7-14(12)26-16(20)21/h4-9,16,25H,3,10-11H2,1-2H3,(H2,22,23,24). The molecule has 2 aromatic rings. The lowest BCUT2D eigenvalue weighted by atomic mass is 10.1. The summed E-state index contributed by atoms with van der Waals surface area (Å²) >= 11 is 7.42. The molecule has 0 amide bonds. The molecule has 1 aromatic carbocycles. The molecule has 0 fully saturated rings. The summed E-state index contributed by atoms with van der Waals surface area (Å²) in [6, 6.07) is 8.14. The Morgan fingerprint density at radius 2 is 2.15 bits per heavy atom. The molecular weight excluding hydrogens is 396 g/mol. The summed E-state index contributed by atoms with van der Waals surface area (Å²) in [7, 11) is 0. The highest BCUT2D eigenvalue weighted by molar-refractivity contribution is 7.10. The van der Waals surface area contributed by atoms with Crippen molar-refractivity contribution in [1.82, 2.24) is 10.6 Å². The smallest absolute Gasteiger partial charge is 0.387 e. The maximum atomic E-state index is 12.6. The molecule has 1 aromatic heterocycles. The SMILES string of the molecule is CCNC(=NCc1cc(Cl)ccc1OC(F)F)NCC(C)(O)c1cccs1. The second kappa shape index (κ2) is 9.87. The Hall–Kier alpha value is -1.90. The molecule has 1 heterocycles. The van der Waals surface area contributed by atoms with E-state index in [2.05, 4.69) is 20.4 Å². The normalized spacial score (nSPS) is 14.1. The van der Waals surface area contributed by atoms with Crippen molar-refractivity contribution in [3.8, 4) is 5.75 Å². The number of alkyl halides is 2. The number of thiophene rings is 1. The summed E-state index contributed by atoms with van der Waals surface area (Å²) < 4.78 is 29.6. The Kier molecular flexibility index (Phi) is 7.82. The number of aliphatic hydroxyl groups is 1. The number of rotatable bonds is 8. The van der Waals surface area contributed by atoms with Gasteiger partial charge in [-0.1, -0.05) is 17.7 Å². The summed E-state index contributed by atoms with van der Waals surface area (Å²) in [5.74, 6) is 0.469. The third kappa shape index (κ3) is 6.64. The predicted octanol–water partition coefficient (Wildman–Crippen LogP) is 3.97. The first-order valence-electron chi connectivity index (χ1n) is 8.33. The highest BCUT2D eigenvalue weighted by Crippen LogP contribution is 2.26. The van der Waals surface area contributed by atoms with Gasteiger partial charge in [-0.3, -0.25) is 0 Å². The molecule has 1 unspecified atom stereocenters. The van der Waals surface area contributed by atoms with Gasteiger partial charge in [-0.05, 0) is 43.5 Å². The van der Waals surface area contributed by atoms with Crippen molar-refractivity contribution in [3.05, 3.63) is 51.2 Å². The number of nitrogens with one attached hydrogen (secondary N) is 2. The van der Waals surface area contributed by atoms with Crippen molar-refractivity contribution in [3.63, 3.8) is 0 Å². The Bertz CT molecular complexity index is 755. The molecule has 0 aliphatic heterocycles. The van der Waals surface area contributed by atoms with Gasteiger partial charge in [0.15, 0.2) is 5.96 Å². The van der Waals surface area contributed by atoms with E-state index in [1.165, 1.54) is 29.5 Å². The molecule has 9 heteroatoms. The van der Waals surface area contributed by atoms with Crippen LogP contribution in [0.1, 0.15) is 24.3 Å². The molecule has 0 saturated heterocycles. The number of hydrogen-bond acceptors (Lipinski definition) is 4. The van der Waals surface area contributed by atoms with Gasteiger partial charge >= 0.3 is 6.61 Å². The molecule has 0 saturated carbocycles. The van der Waals surface area contributed by atoms with Crippen LogP contribution >= 0.6 is 22.9 Å². The van der Waals surface area contributed by atoms with Crippen LogP contribution in [0.15, 0.2) is 40.7 Å². The van der Waals surface area contributed by atoms with Crippen molar-refractivity contribution in [1.29, 1.82) is 0 Å². The lowest BCUT2D eigenvalue weighted by molar-refractivity contribution is -0.0504. The average molecular weight is 418 g/mol. The Morgan fingerprint density at radius 3 is 2.78 bits per heavy atom. The lowest BCUT2D eigenvalue weighted by Gasteiger charge is -2.23. The van der Waals surface area contributed by atoms with Crippen molar-refractivity contribution in [2.24, 2.45) is 4.99 Å². The highest BCUT2D eigenvalue weighted by atomic mass is 35.5. The fourth-order valence-corrected chi connectivity index (χ4v) is 3.30. The summed E-state index contributed by atoms with van der Waals surface area (Å²) in [5.41, 5.74) is -0.630. The number of benzene rings is 1. The predicted molar refractivity (Wildman–Crippen MR) is 105 cm³/mol. The Balaban J connectivity index is 2.10. The van der Waals surface area contributed by atoms with Gasteiger partial charge in [-0.25, -0.2) is 4.99 Å². The van der Waals surface area contributed by atoms with Crippen LogP contribution in [-0.2, 0) is 12.1 Å². The van der Waals surface area contributed by atoms with Crippen LogP contribution in [0.3, 0.4) is 0 Å². The van der Waals surface area contributed by atoms with E-state index in [1.54, 1.807) is 6.92 Å². The second-order valence-electron chi connectivity index (χ2n) is 5.93. The van der Waals surface area contributed by atoms with Gasteiger partial charge in [-0.15, -0.1) is 11.3 Å². The van der Waals surface area contributed by atoms with E-state index in [1.807, 2.05) is 24.4 Å². The molecule has 0 aliphatic carbocycles. The minimum absolute atomic E-state index is 0.0274. The number of guanidine groups is 1. The summed E-state index contributed by atoms with van der Waals surface area (Å²) in [6.07, 6.45) is 0. The van der Waals surface area contributed by atoms with Crippen molar-refractivity contribution in [2.45, 2.75) is 32.6 Å². The third-order valence-electron chi connectivity index (χ3n) is 3.64. The quantitative estimate of drug-likeness (QED) is 0.449. The highest BCUT2D eigenvalue weighted by Gasteiger charge is 2.24. The van der Waals surface area contributed by atoms with Gasteiger partial charge in [0, 0.05) is 22.0 Å². The summed E-state index contributed by atoms with van der Waals surface area (Å²) in [4.78, 5) is 5.21. The minimum Gasteiger partial charge on any atom is -0.434 e. The van der Waals surface area contributed by atoms with E-state index in [0.29, 0.717) is 23.1 Å². The van der Waals surface area contributed by atoms with Gasteiger partial charge in [0.25, 0.3) is 0 Å². The number of hydrogen-bond donors (Lipinski definition) is 3. The van der Waals surface area contributed by atoms with Crippen LogP contribution in [0.2, 0.25) is 5.02 Å². The van der Waals surface area contributed by atoms with Crippen LogP contribution in [0.25, 0.3) is 0 Å². The molecule has 27 heavy (non-hydrogen) atoms. The monoisotopic (exact) mass is 417 g/mol. The Morgan fingerprint density at radius 1 is 1.37 bits per heavy atom. The van der Waals surface area contributed by atoms with Crippen molar-refractivity contribution < 1.29 is 18.6 Å². The average Bonchev–Trinajstić information content (AvgIpc) is 3.14. The van der Waals surface area contributed by atoms with Crippen LogP contribution in [0, 0.1) is 0 Å². The molecule has 3 N–H and O–H groups in total. The van der Waals surface area contributed by atoms with Crippen LogP contribution in [0.4, 0.5) is 8.78 Å². The first kappa shape index (κ1) is 21.4. The largest absolute Gasteiger partial charge is 0.434 e. The number of halogens is 3. The molecule has 0 spiro atoms. The molecule has 0 aliphatic rings. The maximum Gasteiger partial charge on any atom is 0.387 e. The molecule has 5 nitrogen and oxygen atoms in total. The molecule has 0 radical (unpaired) electrons. The van der Waals surface area contributed by atoms with Gasteiger partial charge in [0.05, 0.1) is 13.1 Å². The first-order valence-corrected chi connectivity index (χ1v) is 9.59. The molecular formula is C18H22ClF2N3O2S. The van der Waals surface area contributed by atoms with Gasteiger partial charge in [-0.2, -0.15) is 8.78 Å². The number of ether oxygens (including phenoxy) is 1. The first-order chi connectivity index (χ1) is 12.8. The van der Waals surface area contributed by atoms with E-state index in [-0.39, 0.29) is 18.8 Å². The zero-order chi connectivity index (χ0) is 19.9. The van der Waals surface area contributed by atoms with E-state index >= 15 is 0 Å². The van der Waals surface area contributed by atoms with E-state index in [4.69, 9.17) is 11.6 Å². The van der Waals surface area contributed by atoms with Crippen LogP contribution in [-0.4, -0.2) is 30.8 Å². The van der Waals surface area contributed by atoms with Crippen LogP contribution < -0.4 is 15.4 Å². The molecule has 0 bridgehead atoms. The van der Waals surface area contributed by atoms with Crippen molar-refractivity contribution >= 4 is 28.9 Å². The summed E-state index contributed by atoms with van der Waals surface area (Å²) in [6.45, 7) is 1.60. The van der Waals surface area contributed by atoms with E-state index in [9.17, 15) is 13.9 Å². The number of nitrogens with zero attached hydrogens (tertiary/aromatic N) is 1.